The molecule has 2 heterocycles. The van der Waals surface area contributed by atoms with E-state index in [1.807, 2.05) is 18.3 Å². The normalized spacial score (nSPS) is 11.7. The van der Waals surface area contributed by atoms with Crippen molar-refractivity contribution in [3.63, 3.8) is 0 Å². The second kappa shape index (κ2) is 7.68. The van der Waals surface area contributed by atoms with E-state index in [9.17, 15) is 4.79 Å². The molecule has 5 nitrogen and oxygen atoms in total. The molecule has 0 aliphatic rings. The number of carbonyl (C=O) groups is 1. The van der Waals surface area contributed by atoms with Crippen LogP contribution in [0.15, 0.2) is 36.5 Å². The Bertz CT molecular complexity index is 881. The zero-order valence-electron chi connectivity index (χ0n) is 15.7. The van der Waals surface area contributed by atoms with E-state index < -0.39 is 0 Å². The van der Waals surface area contributed by atoms with Gasteiger partial charge in [-0.25, -0.2) is 4.98 Å². The van der Waals surface area contributed by atoms with Gasteiger partial charge in [0, 0.05) is 18.2 Å². The van der Waals surface area contributed by atoms with Gasteiger partial charge in [-0.3, -0.25) is 9.78 Å². The number of carbonyl (C=O) groups excluding carboxylic acids is 1. The average Bonchev–Trinajstić information content (AvgIpc) is 3.08. The van der Waals surface area contributed by atoms with Crippen LogP contribution in [-0.2, 0) is 16.6 Å². The van der Waals surface area contributed by atoms with E-state index in [-0.39, 0.29) is 5.41 Å². The van der Waals surface area contributed by atoms with Crippen molar-refractivity contribution >= 4 is 17.4 Å². The molecule has 0 unspecified atom stereocenters. The van der Waals surface area contributed by atoms with Gasteiger partial charge in [0.1, 0.15) is 5.69 Å². The number of pyridine rings is 1. The van der Waals surface area contributed by atoms with Gasteiger partial charge in [0.25, 0.3) is 0 Å². The second-order valence-electron chi connectivity index (χ2n) is 7.36. The number of aromatic nitrogens is 3. The molecule has 136 valence electrons. The summed E-state index contributed by atoms with van der Waals surface area (Å²) in [6, 6.07) is 10.4. The fourth-order valence-electron chi connectivity index (χ4n) is 3.04. The van der Waals surface area contributed by atoms with Gasteiger partial charge >= 0.3 is 0 Å². The monoisotopic (exact) mass is 350 g/mol. The van der Waals surface area contributed by atoms with Crippen molar-refractivity contribution in [2.24, 2.45) is 0 Å². The highest BCUT2D eigenvalue weighted by Crippen LogP contribution is 2.27. The van der Waals surface area contributed by atoms with Crippen LogP contribution in [0.25, 0.3) is 22.6 Å². The molecule has 0 fully saturated rings. The summed E-state index contributed by atoms with van der Waals surface area (Å²) >= 11 is 0. The molecule has 1 amide bonds. The van der Waals surface area contributed by atoms with Crippen molar-refractivity contribution in [1.82, 2.24) is 20.3 Å². The third-order valence-electron chi connectivity index (χ3n) is 4.78. The van der Waals surface area contributed by atoms with E-state index >= 15 is 0 Å². The molecule has 0 bridgehead atoms. The Labute approximate surface area is 154 Å². The zero-order valence-corrected chi connectivity index (χ0v) is 15.7. The Balaban J connectivity index is 1.86. The lowest BCUT2D eigenvalue weighted by molar-refractivity contribution is -0.109. The van der Waals surface area contributed by atoms with E-state index in [0.29, 0.717) is 6.54 Å². The molecule has 2 aromatic heterocycles. The standard InChI is InChI=1S/C21H26N4O/c1-4-5-6-15-7-9-18(23-12-15)20-24-17-10-8-16(11-19(17)25-20)21(2,3)13-22-14-26/h7-12,14H,4-6,13H2,1-3H3,(H,22,26)(H,24,25). The second-order valence-corrected chi connectivity index (χ2v) is 7.36. The number of benzene rings is 1. The predicted octanol–water partition coefficient (Wildman–Crippen LogP) is 3.99. The minimum absolute atomic E-state index is 0.159. The van der Waals surface area contributed by atoms with Crippen LogP contribution in [0.3, 0.4) is 0 Å². The fraction of sp³-hybridized carbons (Fsp3) is 0.381. The maximum Gasteiger partial charge on any atom is 0.207 e. The number of hydrogen-bond acceptors (Lipinski definition) is 3. The summed E-state index contributed by atoms with van der Waals surface area (Å²) in [5.41, 5.74) is 4.99. The molecule has 0 atom stereocenters. The maximum absolute atomic E-state index is 10.6. The number of hydrogen-bond donors (Lipinski definition) is 2. The number of amides is 1. The largest absolute Gasteiger partial charge is 0.358 e. The number of aryl methyl sites for hydroxylation is 1. The Morgan fingerprint density at radius 2 is 2.08 bits per heavy atom. The Kier molecular flexibility index (Phi) is 5.35. The van der Waals surface area contributed by atoms with Gasteiger partial charge in [-0.2, -0.15) is 0 Å². The molecule has 5 heteroatoms. The Morgan fingerprint density at radius 3 is 2.77 bits per heavy atom. The van der Waals surface area contributed by atoms with Gasteiger partial charge in [0.2, 0.25) is 6.41 Å². The summed E-state index contributed by atoms with van der Waals surface area (Å²) in [7, 11) is 0. The molecule has 0 aliphatic heterocycles. The third kappa shape index (κ3) is 3.93. The molecule has 0 spiro atoms. The van der Waals surface area contributed by atoms with Crippen LogP contribution in [0.5, 0.6) is 0 Å². The van der Waals surface area contributed by atoms with Crippen LogP contribution >= 0.6 is 0 Å². The van der Waals surface area contributed by atoms with Crippen molar-refractivity contribution in [2.75, 3.05) is 6.54 Å². The number of rotatable bonds is 8. The number of aromatic amines is 1. The summed E-state index contributed by atoms with van der Waals surface area (Å²) in [5.74, 6) is 0.781. The van der Waals surface area contributed by atoms with Crippen LogP contribution in [0.2, 0.25) is 0 Å². The molecule has 0 aliphatic carbocycles. The van der Waals surface area contributed by atoms with Gasteiger partial charge in [-0.05, 0) is 42.2 Å². The van der Waals surface area contributed by atoms with Gasteiger partial charge in [-0.15, -0.1) is 0 Å². The maximum atomic E-state index is 10.6. The van der Waals surface area contributed by atoms with E-state index in [2.05, 4.69) is 54.3 Å². The van der Waals surface area contributed by atoms with Crippen molar-refractivity contribution in [1.29, 1.82) is 0 Å². The highest BCUT2D eigenvalue weighted by Gasteiger charge is 2.21. The molecule has 0 radical (unpaired) electrons. The molecule has 3 aromatic rings. The van der Waals surface area contributed by atoms with E-state index in [1.165, 1.54) is 18.4 Å². The fourth-order valence-corrected chi connectivity index (χ4v) is 3.04. The first-order chi connectivity index (χ1) is 12.5. The first kappa shape index (κ1) is 18.1. The van der Waals surface area contributed by atoms with Crippen LogP contribution in [0.4, 0.5) is 0 Å². The number of nitrogens with zero attached hydrogens (tertiary/aromatic N) is 2. The molecule has 0 saturated heterocycles. The summed E-state index contributed by atoms with van der Waals surface area (Å²) < 4.78 is 0. The summed E-state index contributed by atoms with van der Waals surface area (Å²) in [4.78, 5) is 23.2. The third-order valence-corrected chi connectivity index (χ3v) is 4.78. The Hall–Kier alpha value is -2.69. The van der Waals surface area contributed by atoms with Crippen LogP contribution in [0, 0.1) is 0 Å². The van der Waals surface area contributed by atoms with Crippen molar-refractivity contribution in [3.05, 3.63) is 47.7 Å². The minimum Gasteiger partial charge on any atom is -0.358 e. The van der Waals surface area contributed by atoms with Crippen LogP contribution in [-0.4, -0.2) is 27.9 Å². The van der Waals surface area contributed by atoms with Gasteiger partial charge in [0.05, 0.1) is 11.0 Å². The Morgan fingerprint density at radius 1 is 1.23 bits per heavy atom. The summed E-state index contributed by atoms with van der Waals surface area (Å²) in [6.07, 6.45) is 6.12. The number of nitrogens with one attached hydrogen (secondary N) is 2. The molecule has 1 aromatic carbocycles. The number of fused-ring (bicyclic) bond motifs is 1. The van der Waals surface area contributed by atoms with E-state index in [4.69, 9.17) is 4.98 Å². The molecular weight excluding hydrogens is 324 g/mol. The minimum atomic E-state index is -0.159. The van der Waals surface area contributed by atoms with Crippen molar-refractivity contribution in [2.45, 2.75) is 45.4 Å². The van der Waals surface area contributed by atoms with Gasteiger partial charge in [0.15, 0.2) is 5.82 Å². The number of H-pyrrole nitrogens is 1. The first-order valence-electron chi connectivity index (χ1n) is 9.16. The zero-order chi connectivity index (χ0) is 18.6. The first-order valence-corrected chi connectivity index (χ1v) is 9.16. The molecular formula is C21H26N4O. The van der Waals surface area contributed by atoms with Crippen LogP contribution in [0.1, 0.15) is 44.7 Å². The van der Waals surface area contributed by atoms with E-state index in [1.54, 1.807) is 0 Å². The van der Waals surface area contributed by atoms with Crippen LogP contribution < -0.4 is 5.32 Å². The van der Waals surface area contributed by atoms with Crippen molar-refractivity contribution in [3.8, 4) is 11.5 Å². The van der Waals surface area contributed by atoms with Gasteiger partial charge < -0.3 is 10.3 Å². The molecule has 0 saturated carbocycles. The van der Waals surface area contributed by atoms with E-state index in [0.717, 1.165) is 40.9 Å². The lowest BCUT2D eigenvalue weighted by Gasteiger charge is -2.24. The smallest absolute Gasteiger partial charge is 0.207 e. The van der Waals surface area contributed by atoms with Crippen molar-refractivity contribution < 1.29 is 4.79 Å². The van der Waals surface area contributed by atoms with Gasteiger partial charge in [-0.1, -0.05) is 39.3 Å². The number of unbranched alkanes of at least 4 members (excludes halogenated alkanes) is 1. The average molecular weight is 350 g/mol. The summed E-state index contributed by atoms with van der Waals surface area (Å²) in [5, 5.41) is 2.77. The quantitative estimate of drug-likeness (QED) is 0.603. The molecule has 2 N–H and O–H groups in total. The number of imidazole rings is 1. The molecule has 26 heavy (non-hydrogen) atoms. The highest BCUT2D eigenvalue weighted by molar-refractivity contribution is 5.79. The lowest BCUT2D eigenvalue weighted by Crippen LogP contribution is -2.32. The summed E-state index contributed by atoms with van der Waals surface area (Å²) in [6.45, 7) is 6.99. The SMILES string of the molecule is CCCCc1ccc(-c2nc3cc(C(C)(C)CNC=O)ccc3[nH]2)nc1. The topological polar surface area (TPSA) is 70.7 Å². The lowest BCUT2D eigenvalue weighted by atomic mass is 9.84. The highest BCUT2D eigenvalue weighted by atomic mass is 16.1. The predicted molar refractivity (Wildman–Crippen MR) is 105 cm³/mol. The molecule has 3 rings (SSSR count).